The highest BCUT2D eigenvalue weighted by Gasteiger charge is 2.07. The third-order valence-electron chi connectivity index (χ3n) is 4.56. The molecule has 112 valence electrons. The van der Waals surface area contributed by atoms with E-state index in [2.05, 4.69) is 86.6 Å². The summed E-state index contributed by atoms with van der Waals surface area (Å²) in [6.07, 6.45) is 0.977. The van der Waals surface area contributed by atoms with Gasteiger partial charge in [0.1, 0.15) is 0 Å². The maximum absolute atomic E-state index is 2.33. The zero-order valence-corrected chi connectivity index (χ0v) is 13.6. The summed E-state index contributed by atoms with van der Waals surface area (Å²) in [4.78, 5) is 0. The average Bonchev–Trinajstić information content (AvgIpc) is 2.54. The van der Waals surface area contributed by atoms with Crippen LogP contribution in [-0.2, 0) is 6.42 Å². The molecule has 0 heteroatoms. The van der Waals surface area contributed by atoms with E-state index in [0.29, 0.717) is 0 Å². The molecule has 0 bridgehead atoms. The summed E-state index contributed by atoms with van der Waals surface area (Å²) in [5, 5.41) is 5.39. The Bertz CT molecular complexity index is 926. The van der Waals surface area contributed by atoms with E-state index in [1.54, 1.807) is 0 Å². The van der Waals surface area contributed by atoms with Crippen molar-refractivity contribution in [2.45, 2.75) is 20.3 Å². The lowest BCUT2D eigenvalue weighted by Gasteiger charge is -2.12. The summed E-state index contributed by atoms with van der Waals surface area (Å²) >= 11 is 0. The van der Waals surface area contributed by atoms with Gasteiger partial charge >= 0.3 is 0 Å². The van der Waals surface area contributed by atoms with E-state index in [1.165, 1.54) is 43.8 Å². The highest BCUT2D eigenvalue weighted by Crippen LogP contribution is 2.27. The van der Waals surface area contributed by atoms with Crippen LogP contribution in [0, 0.1) is 13.8 Å². The van der Waals surface area contributed by atoms with Gasteiger partial charge in [0, 0.05) is 0 Å². The van der Waals surface area contributed by atoms with Gasteiger partial charge in [-0.25, -0.2) is 0 Å². The Kier molecular flexibility index (Phi) is 3.38. The lowest BCUT2D eigenvalue weighted by Crippen LogP contribution is -1.94. The fraction of sp³-hybridized carbons (Fsp3) is 0.130. The fourth-order valence-corrected chi connectivity index (χ4v) is 3.61. The van der Waals surface area contributed by atoms with E-state index in [4.69, 9.17) is 0 Å². The first kappa shape index (κ1) is 14.0. The van der Waals surface area contributed by atoms with Gasteiger partial charge in [0.25, 0.3) is 0 Å². The molecule has 4 aromatic rings. The Morgan fingerprint density at radius 3 is 1.48 bits per heavy atom. The molecule has 0 radical (unpaired) electrons. The van der Waals surface area contributed by atoms with Gasteiger partial charge in [-0.2, -0.15) is 0 Å². The Morgan fingerprint density at radius 2 is 1.00 bits per heavy atom. The molecule has 4 aromatic carbocycles. The van der Waals surface area contributed by atoms with Gasteiger partial charge < -0.3 is 0 Å². The number of fused-ring (bicyclic) bond motifs is 2. The van der Waals surface area contributed by atoms with Crippen molar-refractivity contribution in [2.75, 3.05) is 0 Å². The third kappa shape index (κ3) is 2.61. The van der Waals surface area contributed by atoms with E-state index in [1.807, 2.05) is 0 Å². The van der Waals surface area contributed by atoms with Crippen molar-refractivity contribution < 1.29 is 0 Å². The number of aryl methyl sites for hydroxylation is 2. The maximum atomic E-state index is 2.33. The molecule has 0 amide bonds. The largest absolute Gasteiger partial charge is 0.0616 e. The van der Waals surface area contributed by atoms with Crippen molar-refractivity contribution in [3.63, 3.8) is 0 Å². The van der Waals surface area contributed by atoms with Gasteiger partial charge in [0.05, 0.1) is 0 Å². The SMILES string of the molecule is Cc1cc(Cc2cc(C)cc3ccccc23)c2ccccc2c1. The van der Waals surface area contributed by atoms with Gasteiger partial charge in [-0.15, -0.1) is 0 Å². The van der Waals surface area contributed by atoms with Crippen LogP contribution in [-0.4, -0.2) is 0 Å². The Balaban J connectivity index is 1.92. The van der Waals surface area contributed by atoms with Gasteiger partial charge in [-0.05, 0) is 52.9 Å². The summed E-state index contributed by atoms with van der Waals surface area (Å²) in [6, 6.07) is 26.6. The van der Waals surface area contributed by atoms with Crippen molar-refractivity contribution in [1.82, 2.24) is 0 Å². The topological polar surface area (TPSA) is 0 Å². The Labute approximate surface area is 137 Å². The van der Waals surface area contributed by atoms with Gasteiger partial charge in [0.2, 0.25) is 0 Å². The quantitative estimate of drug-likeness (QED) is 0.413. The van der Waals surface area contributed by atoms with E-state index in [9.17, 15) is 0 Å². The van der Waals surface area contributed by atoms with Gasteiger partial charge in [-0.3, -0.25) is 0 Å². The Morgan fingerprint density at radius 1 is 0.565 bits per heavy atom. The molecule has 23 heavy (non-hydrogen) atoms. The molecule has 0 spiro atoms. The first-order valence-electron chi connectivity index (χ1n) is 8.17. The smallest absolute Gasteiger partial charge is 0.00133 e. The van der Waals surface area contributed by atoms with Crippen LogP contribution in [0.4, 0.5) is 0 Å². The first-order chi connectivity index (χ1) is 11.2. The van der Waals surface area contributed by atoms with Crippen LogP contribution >= 0.6 is 0 Å². The lowest BCUT2D eigenvalue weighted by atomic mass is 9.92. The summed E-state index contributed by atoms with van der Waals surface area (Å²) in [5.41, 5.74) is 5.49. The molecule has 0 saturated heterocycles. The molecular formula is C23H20. The number of hydrogen-bond acceptors (Lipinski definition) is 0. The van der Waals surface area contributed by atoms with E-state index in [0.717, 1.165) is 6.42 Å². The molecule has 0 N–H and O–H groups in total. The van der Waals surface area contributed by atoms with Gasteiger partial charge in [0.15, 0.2) is 0 Å². The van der Waals surface area contributed by atoms with E-state index in [-0.39, 0.29) is 0 Å². The van der Waals surface area contributed by atoms with Crippen molar-refractivity contribution in [3.05, 3.63) is 95.1 Å². The summed E-state index contributed by atoms with van der Waals surface area (Å²) in [5.74, 6) is 0. The molecule has 0 fully saturated rings. The number of benzene rings is 4. The van der Waals surface area contributed by atoms with Gasteiger partial charge in [-0.1, -0.05) is 83.9 Å². The molecule has 0 heterocycles. The molecule has 4 rings (SSSR count). The molecule has 0 unspecified atom stereocenters. The fourth-order valence-electron chi connectivity index (χ4n) is 3.61. The highest BCUT2D eigenvalue weighted by atomic mass is 14.1. The number of hydrogen-bond donors (Lipinski definition) is 0. The molecule has 0 aliphatic heterocycles. The zero-order valence-electron chi connectivity index (χ0n) is 13.6. The minimum atomic E-state index is 0.977. The summed E-state index contributed by atoms with van der Waals surface area (Å²) < 4.78 is 0. The third-order valence-corrected chi connectivity index (χ3v) is 4.56. The molecule has 0 atom stereocenters. The predicted octanol–water partition coefficient (Wildman–Crippen LogP) is 6.20. The average molecular weight is 296 g/mol. The molecule has 0 aliphatic carbocycles. The summed E-state index contributed by atoms with van der Waals surface area (Å²) in [7, 11) is 0. The van der Waals surface area contributed by atoms with Crippen LogP contribution in [0.1, 0.15) is 22.3 Å². The van der Waals surface area contributed by atoms with Crippen molar-refractivity contribution in [1.29, 1.82) is 0 Å². The predicted molar refractivity (Wildman–Crippen MR) is 100 cm³/mol. The zero-order chi connectivity index (χ0) is 15.8. The second-order valence-corrected chi connectivity index (χ2v) is 6.47. The monoisotopic (exact) mass is 296 g/mol. The van der Waals surface area contributed by atoms with Crippen molar-refractivity contribution >= 4 is 21.5 Å². The second-order valence-electron chi connectivity index (χ2n) is 6.47. The molecule has 0 aliphatic rings. The minimum absolute atomic E-state index is 0.977. The molecular weight excluding hydrogens is 276 g/mol. The van der Waals surface area contributed by atoms with E-state index < -0.39 is 0 Å². The normalized spacial score (nSPS) is 11.2. The first-order valence-corrected chi connectivity index (χ1v) is 8.17. The standard InChI is InChI=1S/C23H20/c1-16-11-18-7-3-5-9-22(18)20(13-16)15-21-14-17(2)12-19-8-4-6-10-23(19)21/h3-14H,15H2,1-2H3. The van der Waals surface area contributed by atoms with Crippen LogP contribution in [0.3, 0.4) is 0 Å². The van der Waals surface area contributed by atoms with Crippen molar-refractivity contribution in [2.24, 2.45) is 0 Å². The van der Waals surface area contributed by atoms with Crippen LogP contribution in [0.2, 0.25) is 0 Å². The van der Waals surface area contributed by atoms with Crippen LogP contribution in [0.15, 0.2) is 72.8 Å². The van der Waals surface area contributed by atoms with Crippen LogP contribution < -0.4 is 0 Å². The van der Waals surface area contributed by atoms with E-state index >= 15 is 0 Å². The van der Waals surface area contributed by atoms with Crippen molar-refractivity contribution in [3.8, 4) is 0 Å². The summed E-state index contributed by atoms with van der Waals surface area (Å²) in [6.45, 7) is 4.37. The Hall–Kier alpha value is -2.60. The van der Waals surface area contributed by atoms with Crippen LogP contribution in [0.5, 0.6) is 0 Å². The number of rotatable bonds is 2. The molecule has 0 aromatic heterocycles. The highest BCUT2D eigenvalue weighted by molar-refractivity contribution is 5.89. The lowest BCUT2D eigenvalue weighted by molar-refractivity contribution is 1.21. The van der Waals surface area contributed by atoms with Crippen LogP contribution in [0.25, 0.3) is 21.5 Å². The molecule has 0 nitrogen and oxygen atoms in total. The second kappa shape index (κ2) is 5.55. The molecule has 0 saturated carbocycles. The maximum Gasteiger partial charge on any atom is -0.00133 e. The minimum Gasteiger partial charge on any atom is -0.0616 e.